The highest BCUT2D eigenvalue weighted by molar-refractivity contribution is 6.31. The van der Waals surface area contributed by atoms with Crippen LogP contribution in [-0.2, 0) is 22.4 Å². The van der Waals surface area contributed by atoms with E-state index in [-0.39, 0.29) is 12.5 Å². The minimum Gasteiger partial charge on any atom is -0.482 e. The van der Waals surface area contributed by atoms with Crippen molar-refractivity contribution >= 4 is 34.4 Å². The lowest BCUT2D eigenvalue weighted by Crippen LogP contribution is -2.48. The molecule has 3 N–H and O–H groups in total. The third-order valence-corrected chi connectivity index (χ3v) is 5.50. The number of halogens is 1. The quantitative estimate of drug-likeness (QED) is 0.542. The number of nitrogens with one attached hydrogen (secondary N) is 2. The fourth-order valence-corrected chi connectivity index (χ4v) is 3.89. The molecule has 0 spiro atoms. The molecule has 2 atom stereocenters. The van der Waals surface area contributed by atoms with Gasteiger partial charge in [-0.25, -0.2) is 4.79 Å². The molecule has 1 aliphatic rings. The van der Waals surface area contributed by atoms with Crippen molar-refractivity contribution in [2.75, 3.05) is 13.7 Å². The SMILES string of the molecule is COC(=O)COc1cccc2c1C[C@@H](NC(=O)c1cc3cc(Cl)ccc3[nH]1)[C@H](O)C2. The molecule has 0 saturated carbocycles. The monoisotopic (exact) mass is 428 g/mol. The number of hydrogen-bond acceptors (Lipinski definition) is 5. The van der Waals surface area contributed by atoms with Gasteiger partial charge in [0.05, 0.1) is 19.3 Å². The summed E-state index contributed by atoms with van der Waals surface area (Å²) in [6.45, 7) is -0.204. The number of aliphatic hydroxyl groups excluding tert-OH is 1. The Morgan fingerprint density at radius 1 is 1.23 bits per heavy atom. The van der Waals surface area contributed by atoms with Crippen molar-refractivity contribution in [3.63, 3.8) is 0 Å². The van der Waals surface area contributed by atoms with Gasteiger partial charge in [0.25, 0.3) is 5.91 Å². The van der Waals surface area contributed by atoms with Crippen molar-refractivity contribution in [2.45, 2.75) is 25.0 Å². The van der Waals surface area contributed by atoms with Gasteiger partial charge in [0.1, 0.15) is 11.4 Å². The van der Waals surface area contributed by atoms with Gasteiger partial charge in [-0.15, -0.1) is 0 Å². The smallest absolute Gasteiger partial charge is 0.343 e. The fraction of sp³-hybridized carbons (Fsp3) is 0.273. The van der Waals surface area contributed by atoms with Crippen LogP contribution in [-0.4, -0.2) is 47.8 Å². The lowest BCUT2D eigenvalue weighted by molar-refractivity contribution is -0.142. The van der Waals surface area contributed by atoms with Crippen LogP contribution in [0.4, 0.5) is 0 Å². The molecule has 1 amide bonds. The van der Waals surface area contributed by atoms with Gasteiger partial charge in [0.2, 0.25) is 0 Å². The van der Waals surface area contributed by atoms with E-state index in [9.17, 15) is 14.7 Å². The molecule has 0 unspecified atom stereocenters. The van der Waals surface area contributed by atoms with E-state index in [1.807, 2.05) is 18.2 Å². The highest BCUT2D eigenvalue weighted by Gasteiger charge is 2.30. The molecule has 0 fully saturated rings. The van der Waals surface area contributed by atoms with Crippen molar-refractivity contribution < 1.29 is 24.2 Å². The molecular formula is C22H21ClN2O5. The van der Waals surface area contributed by atoms with Gasteiger partial charge in [-0.3, -0.25) is 4.79 Å². The van der Waals surface area contributed by atoms with Crippen molar-refractivity contribution in [2.24, 2.45) is 0 Å². The van der Waals surface area contributed by atoms with Crippen molar-refractivity contribution in [3.05, 3.63) is 64.3 Å². The van der Waals surface area contributed by atoms with Crippen LogP contribution in [0.5, 0.6) is 5.75 Å². The Morgan fingerprint density at radius 3 is 2.87 bits per heavy atom. The van der Waals surface area contributed by atoms with Gasteiger partial charge >= 0.3 is 5.97 Å². The van der Waals surface area contributed by atoms with E-state index < -0.39 is 18.1 Å². The summed E-state index contributed by atoms with van der Waals surface area (Å²) in [5.41, 5.74) is 2.98. The molecule has 1 aromatic heterocycles. The third-order valence-electron chi connectivity index (χ3n) is 5.26. The topological polar surface area (TPSA) is 101 Å². The van der Waals surface area contributed by atoms with Gasteiger partial charge in [0, 0.05) is 22.3 Å². The van der Waals surface area contributed by atoms with E-state index in [1.54, 1.807) is 24.3 Å². The number of benzene rings is 2. The molecule has 156 valence electrons. The molecule has 0 aliphatic heterocycles. The van der Waals surface area contributed by atoms with Crippen LogP contribution in [0.1, 0.15) is 21.6 Å². The number of fused-ring (bicyclic) bond motifs is 2. The first-order valence-electron chi connectivity index (χ1n) is 9.52. The molecule has 4 rings (SSSR count). The van der Waals surface area contributed by atoms with Crippen LogP contribution in [0.15, 0.2) is 42.5 Å². The van der Waals surface area contributed by atoms with Gasteiger partial charge in [0.15, 0.2) is 6.61 Å². The summed E-state index contributed by atoms with van der Waals surface area (Å²) in [7, 11) is 1.30. The van der Waals surface area contributed by atoms with E-state index in [4.69, 9.17) is 16.3 Å². The summed E-state index contributed by atoms with van der Waals surface area (Å²) in [5, 5.41) is 14.9. The molecule has 30 heavy (non-hydrogen) atoms. The van der Waals surface area contributed by atoms with Gasteiger partial charge in [-0.1, -0.05) is 23.7 Å². The molecule has 2 aromatic carbocycles. The second-order valence-electron chi connectivity index (χ2n) is 7.23. The predicted octanol–water partition coefficient (Wildman–Crippen LogP) is 2.63. The number of hydrogen-bond donors (Lipinski definition) is 3. The maximum atomic E-state index is 12.8. The normalized spacial score (nSPS) is 18.0. The maximum Gasteiger partial charge on any atom is 0.343 e. The van der Waals surface area contributed by atoms with Crippen LogP contribution >= 0.6 is 11.6 Å². The number of amides is 1. The Morgan fingerprint density at radius 2 is 2.07 bits per heavy atom. The zero-order chi connectivity index (χ0) is 21.3. The Balaban J connectivity index is 1.52. The summed E-state index contributed by atoms with van der Waals surface area (Å²) in [5.74, 6) is -0.251. The summed E-state index contributed by atoms with van der Waals surface area (Å²) < 4.78 is 10.2. The third kappa shape index (κ3) is 4.13. The number of aromatic amines is 1. The standard InChI is InChI=1S/C22H21ClN2O5/c1-29-21(27)11-30-20-4-2-3-12-9-19(26)17(10-15(12)20)25-22(28)18-8-13-7-14(23)5-6-16(13)24-18/h2-8,17,19,24,26H,9-11H2,1H3,(H,25,28)/t17-,19-/m1/s1. The first-order valence-corrected chi connectivity index (χ1v) is 9.90. The van der Waals surface area contributed by atoms with Crippen LogP contribution in [0.3, 0.4) is 0 Å². The highest BCUT2D eigenvalue weighted by Crippen LogP contribution is 2.30. The maximum absolute atomic E-state index is 12.8. The fourth-order valence-electron chi connectivity index (χ4n) is 3.71. The summed E-state index contributed by atoms with van der Waals surface area (Å²) >= 11 is 6.01. The number of aliphatic hydroxyl groups is 1. The van der Waals surface area contributed by atoms with E-state index in [2.05, 4.69) is 15.0 Å². The number of methoxy groups -OCH3 is 1. The number of rotatable bonds is 5. The van der Waals surface area contributed by atoms with Crippen molar-refractivity contribution in [1.29, 1.82) is 0 Å². The minimum absolute atomic E-state index is 0.204. The van der Waals surface area contributed by atoms with E-state index in [0.29, 0.717) is 29.3 Å². The van der Waals surface area contributed by atoms with E-state index in [1.165, 1.54) is 7.11 Å². The van der Waals surface area contributed by atoms with Crippen molar-refractivity contribution in [3.8, 4) is 5.75 Å². The average molecular weight is 429 g/mol. The van der Waals surface area contributed by atoms with E-state index >= 15 is 0 Å². The zero-order valence-corrected chi connectivity index (χ0v) is 17.0. The first-order chi connectivity index (χ1) is 14.4. The molecule has 1 heterocycles. The van der Waals surface area contributed by atoms with Gasteiger partial charge < -0.3 is 24.9 Å². The number of esters is 1. The lowest BCUT2D eigenvalue weighted by Gasteiger charge is -2.31. The molecule has 0 radical (unpaired) electrons. The summed E-state index contributed by atoms with van der Waals surface area (Å²) in [6.07, 6.45) is 0.0139. The Labute approximate surface area is 177 Å². The second kappa shape index (κ2) is 8.38. The van der Waals surface area contributed by atoms with Crippen LogP contribution in [0.2, 0.25) is 5.02 Å². The summed E-state index contributed by atoms with van der Waals surface area (Å²) in [4.78, 5) is 27.3. The molecule has 1 aliphatic carbocycles. The number of ether oxygens (including phenoxy) is 2. The Bertz CT molecular complexity index is 1110. The predicted molar refractivity (Wildman–Crippen MR) is 112 cm³/mol. The highest BCUT2D eigenvalue weighted by atomic mass is 35.5. The van der Waals surface area contributed by atoms with Crippen LogP contribution < -0.4 is 10.1 Å². The van der Waals surface area contributed by atoms with Crippen molar-refractivity contribution in [1.82, 2.24) is 10.3 Å². The number of H-pyrrole nitrogens is 1. The minimum atomic E-state index is -0.740. The molecule has 3 aromatic rings. The zero-order valence-electron chi connectivity index (χ0n) is 16.3. The van der Waals surface area contributed by atoms with Crippen LogP contribution in [0, 0.1) is 0 Å². The number of aromatic nitrogens is 1. The van der Waals surface area contributed by atoms with Crippen LogP contribution in [0.25, 0.3) is 10.9 Å². The summed E-state index contributed by atoms with van der Waals surface area (Å²) in [6, 6.07) is 12.1. The second-order valence-corrected chi connectivity index (χ2v) is 7.67. The number of carbonyl (C=O) groups is 2. The molecule has 0 saturated heterocycles. The first kappa shape index (κ1) is 20.3. The van der Waals surface area contributed by atoms with Gasteiger partial charge in [-0.2, -0.15) is 0 Å². The molecular weight excluding hydrogens is 408 g/mol. The molecule has 7 nitrogen and oxygen atoms in total. The molecule has 0 bridgehead atoms. The Hall–Kier alpha value is -3.03. The average Bonchev–Trinajstić information content (AvgIpc) is 3.15. The largest absolute Gasteiger partial charge is 0.482 e. The van der Waals surface area contributed by atoms with Gasteiger partial charge in [-0.05, 0) is 47.9 Å². The molecule has 8 heteroatoms. The lowest BCUT2D eigenvalue weighted by atomic mass is 9.85. The Kier molecular flexibility index (Phi) is 5.65. The van der Waals surface area contributed by atoms with E-state index in [0.717, 1.165) is 22.0 Å². The number of carbonyl (C=O) groups excluding carboxylic acids is 2.